The molecule has 1 aliphatic rings. The Hall–Kier alpha value is -0.0151. The van der Waals surface area contributed by atoms with Gasteiger partial charge >= 0.3 is 0 Å². The average molecular weight is 138 g/mol. The highest BCUT2D eigenvalue weighted by Gasteiger charge is 2.11. The van der Waals surface area contributed by atoms with Crippen LogP contribution in [0, 0.1) is 0 Å². The molecule has 0 atom stereocenters. The standard InChI is InChI=1S/C7H15BN2/c1-2-3-9-4-6-10(8)7-5-9/h2-7H2,1H3. The monoisotopic (exact) mass is 138 g/mol. The highest BCUT2D eigenvalue weighted by atomic mass is 15.2. The van der Waals surface area contributed by atoms with Crippen LogP contribution in [-0.4, -0.2) is 50.4 Å². The Bertz CT molecular complexity index is 89.6. The van der Waals surface area contributed by atoms with Gasteiger partial charge in [-0.3, -0.25) is 0 Å². The van der Waals surface area contributed by atoms with E-state index in [-0.39, 0.29) is 0 Å². The second-order valence-electron chi connectivity index (χ2n) is 2.88. The van der Waals surface area contributed by atoms with Gasteiger partial charge in [-0.25, -0.2) is 0 Å². The molecular weight excluding hydrogens is 123 g/mol. The van der Waals surface area contributed by atoms with Crippen molar-refractivity contribution in [3.05, 3.63) is 0 Å². The van der Waals surface area contributed by atoms with Crippen LogP contribution in [0.4, 0.5) is 0 Å². The van der Waals surface area contributed by atoms with Gasteiger partial charge in [-0.1, -0.05) is 6.92 Å². The Kier molecular flexibility index (Phi) is 3.22. The Balaban J connectivity index is 2.13. The molecule has 0 saturated carbocycles. The van der Waals surface area contributed by atoms with Crippen molar-refractivity contribution in [3.8, 4) is 0 Å². The van der Waals surface area contributed by atoms with E-state index in [0.717, 1.165) is 26.2 Å². The van der Waals surface area contributed by atoms with Crippen LogP contribution in [-0.2, 0) is 0 Å². The van der Waals surface area contributed by atoms with Crippen LogP contribution in [0.25, 0.3) is 0 Å². The maximum absolute atomic E-state index is 5.60. The summed E-state index contributed by atoms with van der Waals surface area (Å²) in [6, 6.07) is 0. The topological polar surface area (TPSA) is 6.48 Å². The Morgan fingerprint density at radius 3 is 2.30 bits per heavy atom. The summed E-state index contributed by atoms with van der Waals surface area (Å²) in [5.74, 6) is 0. The molecular formula is C7H15BN2. The first-order chi connectivity index (χ1) is 4.83. The summed E-state index contributed by atoms with van der Waals surface area (Å²) in [4.78, 5) is 4.36. The second-order valence-corrected chi connectivity index (χ2v) is 2.88. The molecule has 0 aromatic carbocycles. The normalized spacial score (nSPS) is 23.3. The summed E-state index contributed by atoms with van der Waals surface area (Å²) in [7, 11) is 5.60. The molecule has 0 bridgehead atoms. The second kappa shape index (κ2) is 3.99. The lowest BCUT2D eigenvalue weighted by atomic mass is 10.2. The highest BCUT2D eigenvalue weighted by Crippen LogP contribution is 1.98. The minimum Gasteiger partial charge on any atom is -0.351 e. The molecule has 0 spiro atoms. The third kappa shape index (κ3) is 2.31. The molecule has 2 radical (unpaired) electrons. The van der Waals surface area contributed by atoms with Crippen LogP contribution in [0.2, 0.25) is 0 Å². The van der Waals surface area contributed by atoms with Gasteiger partial charge < -0.3 is 9.71 Å². The van der Waals surface area contributed by atoms with Gasteiger partial charge in [0.15, 0.2) is 7.98 Å². The molecule has 0 aromatic heterocycles. The van der Waals surface area contributed by atoms with Crippen molar-refractivity contribution in [2.75, 3.05) is 32.7 Å². The number of hydrogen-bond acceptors (Lipinski definition) is 2. The van der Waals surface area contributed by atoms with E-state index >= 15 is 0 Å². The fraction of sp³-hybridized carbons (Fsp3) is 1.00. The van der Waals surface area contributed by atoms with Crippen LogP contribution in [0.15, 0.2) is 0 Å². The van der Waals surface area contributed by atoms with Crippen LogP contribution in [0.1, 0.15) is 13.3 Å². The Morgan fingerprint density at radius 2 is 1.80 bits per heavy atom. The molecule has 1 rings (SSSR count). The number of rotatable bonds is 2. The lowest BCUT2D eigenvalue weighted by Crippen LogP contribution is -2.45. The largest absolute Gasteiger partial charge is 0.351 e. The van der Waals surface area contributed by atoms with Gasteiger partial charge in [0.1, 0.15) is 0 Å². The molecule has 10 heavy (non-hydrogen) atoms. The molecule has 1 heterocycles. The van der Waals surface area contributed by atoms with Crippen molar-refractivity contribution in [2.45, 2.75) is 13.3 Å². The van der Waals surface area contributed by atoms with E-state index < -0.39 is 0 Å². The van der Waals surface area contributed by atoms with Crippen molar-refractivity contribution in [2.24, 2.45) is 0 Å². The molecule has 1 saturated heterocycles. The van der Waals surface area contributed by atoms with Gasteiger partial charge in [0.25, 0.3) is 0 Å². The minimum absolute atomic E-state index is 1.03. The number of piperazine rings is 1. The SMILES string of the molecule is [B]N1CCN(CCC)CC1. The molecule has 0 aromatic rings. The van der Waals surface area contributed by atoms with Crippen molar-refractivity contribution in [1.82, 2.24) is 9.71 Å². The van der Waals surface area contributed by atoms with E-state index in [4.69, 9.17) is 7.98 Å². The van der Waals surface area contributed by atoms with Gasteiger partial charge in [-0.2, -0.15) is 0 Å². The van der Waals surface area contributed by atoms with Gasteiger partial charge in [-0.05, 0) is 26.1 Å². The van der Waals surface area contributed by atoms with E-state index in [2.05, 4.69) is 11.8 Å². The van der Waals surface area contributed by atoms with Gasteiger partial charge in [-0.15, -0.1) is 0 Å². The third-order valence-corrected chi connectivity index (χ3v) is 1.95. The molecule has 3 heteroatoms. The first kappa shape index (κ1) is 8.09. The van der Waals surface area contributed by atoms with E-state index in [9.17, 15) is 0 Å². The third-order valence-electron chi connectivity index (χ3n) is 1.95. The lowest BCUT2D eigenvalue weighted by molar-refractivity contribution is 0.192. The van der Waals surface area contributed by atoms with Gasteiger partial charge in [0, 0.05) is 13.1 Å². The zero-order valence-corrected chi connectivity index (χ0v) is 6.71. The van der Waals surface area contributed by atoms with E-state index in [0.29, 0.717) is 0 Å². The van der Waals surface area contributed by atoms with Crippen molar-refractivity contribution in [3.63, 3.8) is 0 Å². The van der Waals surface area contributed by atoms with Crippen LogP contribution in [0.3, 0.4) is 0 Å². The minimum atomic E-state index is 1.03. The number of hydrogen-bond donors (Lipinski definition) is 0. The first-order valence-electron chi connectivity index (χ1n) is 4.05. The quantitative estimate of drug-likeness (QED) is 0.499. The molecule has 2 nitrogen and oxygen atoms in total. The van der Waals surface area contributed by atoms with Crippen LogP contribution >= 0.6 is 0 Å². The molecule has 56 valence electrons. The molecule has 0 unspecified atom stereocenters. The van der Waals surface area contributed by atoms with Crippen LogP contribution < -0.4 is 0 Å². The van der Waals surface area contributed by atoms with Crippen LogP contribution in [0.5, 0.6) is 0 Å². The summed E-state index contributed by atoms with van der Waals surface area (Å²) >= 11 is 0. The lowest BCUT2D eigenvalue weighted by Gasteiger charge is -2.32. The summed E-state index contributed by atoms with van der Waals surface area (Å²) in [6.45, 7) is 7.79. The summed E-state index contributed by atoms with van der Waals surface area (Å²) in [5.41, 5.74) is 0. The fourth-order valence-electron chi connectivity index (χ4n) is 1.30. The zero-order chi connectivity index (χ0) is 7.40. The predicted molar refractivity (Wildman–Crippen MR) is 44.1 cm³/mol. The van der Waals surface area contributed by atoms with Crippen molar-refractivity contribution < 1.29 is 0 Å². The Labute approximate surface area is 64.6 Å². The Morgan fingerprint density at radius 1 is 1.20 bits per heavy atom. The summed E-state index contributed by atoms with van der Waals surface area (Å²) < 4.78 is 0. The maximum Gasteiger partial charge on any atom is 0.182 e. The molecule has 0 N–H and O–H groups in total. The van der Waals surface area contributed by atoms with Gasteiger partial charge in [0.2, 0.25) is 0 Å². The van der Waals surface area contributed by atoms with Crippen molar-refractivity contribution in [1.29, 1.82) is 0 Å². The molecule has 1 fully saturated rings. The molecule has 0 amide bonds. The predicted octanol–water partition coefficient (Wildman–Crippen LogP) is 0.0975. The summed E-state index contributed by atoms with van der Waals surface area (Å²) in [6.07, 6.45) is 1.25. The molecule has 0 aliphatic carbocycles. The van der Waals surface area contributed by atoms with E-state index in [1.165, 1.54) is 13.0 Å². The van der Waals surface area contributed by atoms with Crippen molar-refractivity contribution >= 4 is 7.98 Å². The average Bonchev–Trinajstić information content (AvgIpc) is 1.95. The number of nitrogens with zero attached hydrogens (tertiary/aromatic N) is 2. The smallest absolute Gasteiger partial charge is 0.182 e. The first-order valence-corrected chi connectivity index (χ1v) is 4.05. The van der Waals surface area contributed by atoms with E-state index in [1.807, 2.05) is 4.81 Å². The maximum atomic E-state index is 5.60. The van der Waals surface area contributed by atoms with Gasteiger partial charge in [0.05, 0.1) is 0 Å². The highest BCUT2D eigenvalue weighted by molar-refractivity contribution is 6.04. The molecule has 1 aliphatic heterocycles. The summed E-state index contributed by atoms with van der Waals surface area (Å²) in [5, 5.41) is 0. The fourth-order valence-corrected chi connectivity index (χ4v) is 1.30. The van der Waals surface area contributed by atoms with E-state index in [1.54, 1.807) is 0 Å². The zero-order valence-electron chi connectivity index (χ0n) is 6.71.